The maximum absolute atomic E-state index is 7.48. The summed E-state index contributed by atoms with van der Waals surface area (Å²) < 4.78 is 15.0. The smallest absolute Gasteiger partial charge is 0.150 e. The van der Waals surface area contributed by atoms with E-state index in [-0.39, 0.29) is 0 Å². The van der Waals surface area contributed by atoms with Gasteiger partial charge in [-0.25, -0.2) is 0 Å². The molecule has 0 aliphatic heterocycles. The van der Waals surface area contributed by atoms with Gasteiger partial charge in [-0.15, -0.1) is 0 Å². The first-order valence-electron chi connectivity index (χ1n) is 18.9. The van der Waals surface area contributed by atoms with Crippen molar-refractivity contribution >= 4 is 37.5 Å². The van der Waals surface area contributed by atoms with Crippen LogP contribution in [0.5, 0.6) is 11.5 Å². The standard InChI is InChI=1S/C48H48O2P2/c1-33-13-23-39(24-14-33)51(40-25-15-34(2)16-26-40)49-45-31-21-37-9-5-7-11-43(37)47(45)48-44-12-8-6-10-38(44)22-32-46(48)50-52(41-27-17-35(3)18-28-41)42-29-19-36(4)20-30-42/h13-32H,5-12H2,1-4H3. The van der Waals surface area contributed by atoms with Crippen molar-refractivity contribution in [1.82, 2.24) is 0 Å². The quantitative estimate of drug-likeness (QED) is 0.139. The molecule has 4 heteroatoms. The Balaban J connectivity index is 1.33. The Bertz CT molecular complexity index is 1920. The van der Waals surface area contributed by atoms with Crippen molar-refractivity contribution in [2.45, 2.75) is 79.1 Å². The molecule has 262 valence electrons. The largest absolute Gasteiger partial charge is 0.464 e. The number of benzene rings is 6. The molecule has 0 fully saturated rings. The van der Waals surface area contributed by atoms with Gasteiger partial charge in [0.25, 0.3) is 0 Å². The van der Waals surface area contributed by atoms with Crippen LogP contribution in [-0.2, 0) is 25.7 Å². The van der Waals surface area contributed by atoms with Crippen LogP contribution in [0.3, 0.4) is 0 Å². The molecule has 0 bridgehead atoms. The molecule has 0 aromatic heterocycles. The highest BCUT2D eigenvalue weighted by molar-refractivity contribution is 7.69. The number of rotatable bonds is 9. The number of aryl methyl sites for hydroxylation is 6. The van der Waals surface area contributed by atoms with E-state index < -0.39 is 16.3 Å². The fourth-order valence-corrected chi connectivity index (χ4v) is 11.1. The van der Waals surface area contributed by atoms with E-state index in [9.17, 15) is 0 Å². The minimum atomic E-state index is -1.12. The van der Waals surface area contributed by atoms with Gasteiger partial charge in [-0.2, -0.15) is 0 Å². The van der Waals surface area contributed by atoms with Gasteiger partial charge < -0.3 is 9.05 Å². The van der Waals surface area contributed by atoms with E-state index in [0.29, 0.717) is 0 Å². The molecular weight excluding hydrogens is 670 g/mol. The Morgan fingerprint density at radius 3 is 0.942 bits per heavy atom. The summed E-state index contributed by atoms with van der Waals surface area (Å²) in [7, 11) is -2.25. The van der Waals surface area contributed by atoms with E-state index in [0.717, 1.165) is 37.2 Å². The van der Waals surface area contributed by atoms with Gasteiger partial charge in [0.1, 0.15) is 11.5 Å². The third-order valence-electron chi connectivity index (χ3n) is 10.7. The normalized spacial score (nSPS) is 13.9. The number of hydrogen-bond donors (Lipinski definition) is 0. The molecule has 0 unspecified atom stereocenters. The Kier molecular flexibility index (Phi) is 10.3. The maximum Gasteiger partial charge on any atom is 0.150 e. The summed E-state index contributed by atoms with van der Waals surface area (Å²) in [6, 6.07) is 45.1. The van der Waals surface area contributed by atoms with Gasteiger partial charge in [0, 0.05) is 32.3 Å². The van der Waals surface area contributed by atoms with Gasteiger partial charge in [-0.05, 0) is 113 Å². The molecule has 2 nitrogen and oxygen atoms in total. The van der Waals surface area contributed by atoms with Crippen LogP contribution in [0.4, 0.5) is 0 Å². The van der Waals surface area contributed by atoms with Crippen LogP contribution in [0.1, 0.15) is 70.2 Å². The van der Waals surface area contributed by atoms with Crippen LogP contribution in [-0.4, -0.2) is 0 Å². The first kappa shape index (κ1) is 34.8. The molecule has 0 amide bonds. The number of fused-ring (bicyclic) bond motifs is 2. The van der Waals surface area contributed by atoms with Crippen molar-refractivity contribution < 1.29 is 9.05 Å². The van der Waals surface area contributed by atoms with Crippen molar-refractivity contribution in [2.24, 2.45) is 0 Å². The molecule has 6 aromatic rings. The highest BCUT2D eigenvalue weighted by Gasteiger charge is 2.30. The van der Waals surface area contributed by atoms with Crippen LogP contribution < -0.4 is 30.3 Å². The second kappa shape index (κ2) is 15.4. The topological polar surface area (TPSA) is 18.5 Å². The second-order valence-corrected chi connectivity index (χ2v) is 18.3. The molecule has 6 aromatic carbocycles. The Morgan fingerprint density at radius 1 is 0.346 bits per heavy atom. The third kappa shape index (κ3) is 7.35. The second-order valence-electron chi connectivity index (χ2n) is 14.7. The SMILES string of the molecule is Cc1ccc(P(Oc2ccc3c(c2-c2c(OP(c4ccc(C)cc4)c4ccc(C)cc4)ccc4c2CCCC4)CCCC3)c2ccc(C)cc2)cc1. The summed E-state index contributed by atoms with van der Waals surface area (Å²) in [5.41, 5.74) is 13.4. The minimum absolute atomic E-state index is 0.978. The summed E-state index contributed by atoms with van der Waals surface area (Å²) in [5.74, 6) is 1.96. The van der Waals surface area contributed by atoms with E-state index in [1.807, 2.05) is 0 Å². The predicted molar refractivity (Wildman–Crippen MR) is 224 cm³/mol. The molecule has 8 rings (SSSR count). The van der Waals surface area contributed by atoms with Crippen molar-refractivity contribution in [2.75, 3.05) is 0 Å². The van der Waals surface area contributed by atoms with Crippen molar-refractivity contribution in [1.29, 1.82) is 0 Å². The van der Waals surface area contributed by atoms with Gasteiger partial charge in [0.05, 0.1) is 0 Å². The first-order chi connectivity index (χ1) is 25.4. The molecular formula is C48H48O2P2. The van der Waals surface area contributed by atoms with Crippen molar-refractivity contribution in [3.05, 3.63) is 166 Å². The monoisotopic (exact) mass is 718 g/mol. The fourth-order valence-electron chi connectivity index (χ4n) is 7.74. The molecule has 52 heavy (non-hydrogen) atoms. The van der Waals surface area contributed by atoms with Crippen LogP contribution in [0.2, 0.25) is 0 Å². The van der Waals surface area contributed by atoms with Crippen LogP contribution >= 0.6 is 16.3 Å². The fraction of sp³-hybridized carbons (Fsp3) is 0.250. The Morgan fingerprint density at radius 2 is 0.635 bits per heavy atom. The van der Waals surface area contributed by atoms with E-state index >= 15 is 0 Å². The zero-order valence-corrected chi connectivity index (χ0v) is 32.7. The van der Waals surface area contributed by atoms with Gasteiger partial charge >= 0.3 is 0 Å². The molecule has 0 radical (unpaired) electrons. The lowest BCUT2D eigenvalue weighted by atomic mass is 9.80. The lowest BCUT2D eigenvalue weighted by molar-refractivity contribution is 0.610. The Hall–Kier alpha value is -4.22. The molecule has 0 atom stereocenters. The average Bonchev–Trinajstić information content (AvgIpc) is 3.17. The lowest BCUT2D eigenvalue weighted by Crippen LogP contribution is -2.18. The zero-order chi connectivity index (χ0) is 35.6. The molecule has 0 saturated heterocycles. The summed E-state index contributed by atoms with van der Waals surface area (Å²) >= 11 is 0. The van der Waals surface area contributed by atoms with Gasteiger partial charge in [-0.3, -0.25) is 0 Å². The minimum Gasteiger partial charge on any atom is -0.464 e. The molecule has 2 aliphatic rings. The zero-order valence-electron chi connectivity index (χ0n) is 30.9. The third-order valence-corrected chi connectivity index (χ3v) is 14.5. The molecule has 0 spiro atoms. The molecule has 2 aliphatic carbocycles. The summed E-state index contributed by atoms with van der Waals surface area (Å²) in [6.45, 7) is 8.62. The summed E-state index contributed by atoms with van der Waals surface area (Å²) in [4.78, 5) is 0. The van der Waals surface area contributed by atoms with E-state index in [1.54, 1.807) is 0 Å². The molecule has 0 saturated carbocycles. The van der Waals surface area contributed by atoms with Crippen LogP contribution in [0.15, 0.2) is 121 Å². The van der Waals surface area contributed by atoms with E-state index in [2.05, 4.69) is 149 Å². The van der Waals surface area contributed by atoms with Crippen molar-refractivity contribution in [3.63, 3.8) is 0 Å². The van der Waals surface area contributed by atoms with E-state index in [1.165, 1.54) is 103 Å². The Labute approximate surface area is 312 Å². The summed E-state index contributed by atoms with van der Waals surface area (Å²) in [5, 5.41) is 4.90. The molecule has 0 heterocycles. The summed E-state index contributed by atoms with van der Waals surface area (Å²) in [6.07, 6.45) is 9.18. The highest BCUT2D eigenvalue weighted by Crippen LogP contribution is 2.52. The predicted octanol–water partition coefficient (Wildman–Crippen LogP) is 11.2. The lowest BCUT2D eigenvalue weighted by Gasteiger charge is -2.30. The average molecular weight is 719 g/mol. The van der Waals surface area contributed by atoms with E-state index in [4.69, 9.17) is 9.05 Å². The maximum atomic E-state index is 7.48. The van der Waals surface area contributed by atoms with Gasteiger partial charge in [0.2, 0.25) is 0 Å². The highest BCUT2D eigenvalue weighted by atomic mass is 31.1. The van der Waals surface area contributed by atoms with Crippen LogP contribution in [0.25, 0.3) is 11.1 Å². The number of hydrogen-bond acceptors (Lipinski definition) is 2. The first-order valence-corrected chi connectivity index (χ1v) is 21.5. The van der Waals surface area contributed by atoms with Gasteiger partial charge in [-0.1, -0.05) is 131 Å². The van der Waals surface area contributed by atoms with Crippen molar-refractivity contribution in [3.8, 4) is 22.6 Å². The van der Waals surface area contributed by atoms with Crippen LogP contribution in [0, 0.1) is 27.7 Å². The van der Waals surface area contributed by atoms with Gasteiger partial charge in [0.15, 0.2) is 16.3 Å². The molecule has 0 N–H and O–H groups in total.